The summed E-state index contributed by atoms with van der Waals surface area (Å²) in [6.45, 7) is 0. The summed E-state index contributed by atoms with van der Waals surface area (Å²) in [4.78, 5) is 7.12. The molecule has 7 aromatic carbocycles. The molecule has 9 aromatic rings. The second-order valence-electron chi connectivity index (χ2n) is 11.6. The van der Waals surface area contributed by atoms with Gasteiger partial charge in [0.15, 0.2) is 11.4 Å². The van der Waals surface area contributed by atoms with Crippen molar-refractivity contribution in [1.29, 1.82) is 0 Å². The first-order valence-electron chi connectivity index (χ1n) is 15.5. The van der Waals surface area contributed by atoms with Crippen LogP contribution >= 0.6 is 0 Å². The third kappa shape index (κ3) is 4.33. The Morgan fingerprint density at radius 1 is 0.435 bits per heavy atom. The Kier molecular flexibility index (Phi) is 6.14. The molecule has 0 amide bonds. The first kappa shape index (κ1) is 26.2. The van der Waals surface area contributed by atoms with Crippen LogP contribution in [-0.2, 0) is 0 Å². The zero-order valence-electron chi connectivity index (χ0n) is 25.0. The zero-order valence-corrected chi connectivity index (χ0v) is 25.0. The Morgan fingerprint density at radius 3 is 1.78 bits per heavy atom. The lowest BCUT2D eigenvalue weighted by Crippen LogP contribution is -2.11. The molecule has 0 N–H and O–H groups in total. The van der Waals surface area contributed by atoms with Gasteiger partial charge in [-0.3, -0.25) is 4.90 Å². The number of rotatable bonds is 5. The minimum Gasteiger partial charge on any atom is -0.452 e. The van der Waals surface area contributed by atoms with E-state index in [0.29, 0.717) is 0 Å². The number of furan rings is 1. The van der Waals surface area contributed by atoms with Gasteiger partial charge in [0.2, 0.25) is 0 Å². The van der Waals surface area contributed by atoms with Crippen LogP contribution in [0.15, 0.2) is 174 Å². The molecule has 0 radical (unpaired) electrons. The number of hydrogen-bond acceptors (Lipinski definition) is 3. The van der Waals surface area contributed by atoms with Crippen molar-refractivity contribution in [3.8, 4) is 22.3 Å². The summed E-state index contributed by atoms with van der Waals surface area (Å²) < 4.78 is 6.48. The predicted octanol–water partition coefficient (Wildman–Crippen LogP) is 12.1. The van der Waals surface area contributed by atoms with E-state index in [2.05, 4.69) is 138 Å². The summed E-state index contributed by atoms with van der Waals surface area (Å²) >= 11 is 0. The van der Waals surface area contributed by atoms with Gasteiger partial charge in [-0.1, -0.05) is 121 Å². The number of para-hydroxylation sites is 1. The molecule has 0 unspecified atom stereocenters. The average molecular weight is 589 g/mol. The highest BCUT2D eigenvalue weighted by molar-refractivity contribution is 6.14. The monoisotopic (exact) mass is 588 g/mol. The van der Waals surface area contributed by atoms with E-state index in [9.17, 15) is 0 Å². The van der Waals surface area contributed by atoms with Crippen LogP contribution < -0.4 is 4.90 Å². The quantitative estimate of drug-likeness (QED) is 0.187. The summed E-state index contributed by atoms with van der Waals surface area (Å²) in [6.07, 6.45) is 1.88. The molecule has 0 aliphatic rings. The third-order valence-corrected chi connectivity index (χ3v) is 8.92. The molecule has 0 atom stereocenters. The molecule has 2 aromatic heterocycles. The van der Waals surface area contributed by atoms with Gasteiger partial charge in [-0.2, -0.15) is 0 Å². The van der Waals surface area contributed by atoms with Crippen molar-refractivity contribution in [2.45, 2.75) is 0 Å². The van der Waals surface area contributed by atoms with E-state index < -0.39 is 0 Å². The molecule has 0 bridgehead atoms. The van der Waals surface area contributed by atoms with E-state index in [1.54, 1.807) is 0 Å². The van der Waals surface area contributed by atoms with Crippen molar-refractivity contribution in [3.05, 3.63) is 170 Å². The van der Waals surface area contributed by atoms with Gasteiger partial charge in [0.1, 0.15) is 5.58 Å². The molecule has 3 heteroatoms. The van der Waals surface area contributed by atoms with Crippen LogP contribution in [0.4, 0.5) is 17.2 Å². The topological polar surface area (TPSA) is 29.3 Å². The average Bonchev–Trinajstić information content (AvgIpc) is 3.52. The van der Waals surface area contributed by atoms with Crippen molar-refractivity contribution < 1.29 is 4.42 Å². The van der Waals surface area contributed by atoms with Crippen molar-refractivity contribution >= 4 is 60.7 Å². The third-order valence-electron chi connectivity index (χ3n) is 8.92. The number of fused-ring (bicyclic) bond motifs is 6. The fourth-order valence-electron chi connectivity index (χ4n) is 6.71. The van der Waals surface area contributed by atoms with E-state index in [0.717, 1.165) is 44.7 Å². The number of pyridine rings is 1. The fourth-order valence-corrected chi connectivity index (χ4v) is 6.71. The summed E-state index contributed by atoms with van der Waals surface area (Å²) in [7, 11) is 0. The Morgan fingerprint density at radius 2 is 1.02 bits per heavy atom. The predicted molar refractivity (Wildman–Crippen MR) is 192 cm³/mol. The summed E-state index contributed by atoms with van der Waals surface area (Å²) in [5.74, 6) is 0.755. The second-order valence-corrected chi connectivity index (χ2v) is 11.6. The molecule has 46 heavy (non-hydrogen) atoms. The van der Waals surface area contributed by atoms with Gasteiger partial charge in [0, 0.05) is 28.3 Å². The standard InChI is InChI=1S/C43H28N2O/c1-2-10-29(11-3-1)30-18-22-33(23-19-30)45(43-42-39(26-27-44-43)38-16-8-9-17-41(38)46-42)34-24-20-31(21-25-34)40-28-32-12-4-5-13-35(32)36-14-6-7-15-37(36)40/h1-28H. The van der Waals surface area contributed by atoms with Crippen LogP contribution in [0.3, 0.4) is 0 Å². The molecule has 216 valence electrons. The molecule has 0 fully saturated rings. The molecule has 0 spiro atoms. The van der Waals surface area contributed by atoms with Gasteiger partial charge >= 0.3 is 0 Å². The number of anilines is 3. The summed E-state index contributed by atoms with van der Waals surface area (Å²) in [6, 6.07) is 57.8. The van der Waals surface area contributed by atoms with E-state index in [-0.39, 0.29) is 0 Å². The van der Waals surface area contributed by atoms with Crippen LogP contribution in [0.2, 0.25) is 0 Å². The maximum absolute atomic E-state index is 6.48. The van der Waals surface area contributed by atoms with Crippen LogP contribution in [0.25, 0.3) is 65.7 Å². The lowest BCUT2D eigenvalue weighted by Gasteiger charge is -2.25. The highest BCUT2D eigenvalue weighted by Gasteiger charge is 2.21. The lowest BCUT2D eigenvalue weighted by molar-refractivity contribution is 0.667. The number of hydrogen-bond donors (Lipinski definition) is 0. The number of benzene rings is 7. The molecular weight excluding hydrogens is 560 g/mol. The van der Waals surface area contributed by atoms with Crippen LogP contribution in [-0.4, -0.2) is 4.98 Å². The van der Waals surface area contributed by atoms with Gasteiger partial charge in [-0.15, -0.1) is 0 Å². The van der Waals surface area contributed by atoms with E-state index in [1.165, 1.54) is 38.2 Å². The highest BCUT2D eigenvalue weighted by Crippen LogP contribution is 2.42. The van der Waals surface area contributed by atoms with Gasteiger partial charge in [-0.25, -0.2) is 4.98 Å². The maximum atomic E-state index is 6.48. The van der Waals surface area contributed by atoms with Gasteiger partial charge in [-0.05, 0) is 86.3 Å². The van der Waals surface area contributed by atoms with E-state index >= 15 is 0 Å². The van der Waals surface area contributed by atoms with Crippen LogP contribution in [0.1, 0.15) is 0 Å². The zero-order chi connectivity index (χ0) is 30.5. The molecule has 3 nitrogen and oxygen atoms in total. The van der Waals surface area contributed by atoms with Gasteiger partial charge in [0.25, 0.3) is 0 Å². The first-order chi connectivity index (χ1) is 22.8. The molecule has 2 heterocycles. The smallest absolute Gasteiger partial charge is 0.181 e. The molecule has 0 saturated carbocycles. The normalized spacial score (nSPS) is 11.5. The number of aromatic nitrogens is 1. The molecule has 9 rings (SSSR count). The molecule has 0 aliphatic carbocycles. The molecule has 0 aliphatic heterocycles. The minimum atomic E-state index is 0.755. The van der Waals surface area contributed by atoms with Gasteiger partial charge in [0.05, 0.1) is 0 Å². The highest BCUT2D eigenvalue weighted by atomic mass is 16.3. The molecular formula is C43H28N2O. The fraction of sp³-hybridized carbons (Fsp3) is 0. The van der Waals surface area contributed by atoms with Crippen molar-refractivity contribution in [2.75, 3.05) is 4.90 Å². The Hall–Kier alpha value is -6.19. The van der Waals surface area contributed by atoms with Crippen molar-refractivity contribution in [3.63, 3.8) is 0 Å². The Bertz CT molecular complexity index is 2510. The summed E-state index contributed by atoms with van der Waals surface area (Å²) in [5.41, 5.74) is 8.36. The minimum absolute atomic E-state index is 0.755. The largest absolute Gasteiger partial charge is 0.452 e. The lowest BCUT2D eigenvalue weighted by atomic mass is 9.93. The first-order valence-corrected chi connectivity index (χ1v) is 15.5. The van der Waals surface area contributed by atoms with Crippen LogP contribution in [0, 0.1) is 0 Å². The van der Waals surface area contributed by atoms with Gasteiger partial charge < -0.3 is 4.42 Å². The maximum Gasteiger partial charge on any atom is 0.181 e. The Labute approximate surface area is 266 Å². The van der Waals surface area contributed by atoms with Crippen LogP contribution in [0.5, 0.6) is 0 Å². The second kappa shape index (κ2) is 10.8. The van der Waals surface area contributed by atoms with Crippen molar-refractivity contribution in [1.82, 2.24) is 4.98 Å². The SMILES string of the molecule is c1ccc(-c2ccc(N(c3ccc(-c4cc5ccccc5c5ccccc45)cc3)c3nccc4c3oc3ccccc34)cc2)cc1. The Balaban J connectivity index is 1.21. The molecule has 0 saturated heterocycles. The van der Waals surface area contributed by atoms with E-state index in [1.807, 2.05) is 36.5 Å². The summed E-state index contributed by atoms with van der Waals surface area (Å²) in [5, 5.41) is 7.15. The van der Waals surface area contributed by atoms with Crippen molar-refractivity contribution in [2.24, 2.45) is 0 Å². The van der Waals surface area contributed by atoms with E-state index in [4.69, 9.17) is 9.40 Å². The number of nitrogens with zero attached hydrogens (tertiary/aromatic N) is 2.